The van der Waals surface area contributed by atoms with Crippen LogP contribution in [0.25, 0.3) is 0 Å². The molecule has 0 aliphatic rings. The molecule has 0 heterocycles. The zero-order chi connectivity index (χ0) is 33.9. The monoisotopic (exact) mass is 672 g/mol. The number of amides is 2. The number of nitrogens with zero attached hydrogens (tertiary/aromatic N) is 1. The van der Waals surface area contributed by atoms with Crippen molar-refractivity contribution in [3.63, 3.8) is 0 Å². The molecule has 7 nitrogen and oxygen atoms in total. The van der Waals surface area contributed by atoms with Gasteiger partial charge in [-0.05, 0) is 43.3 Å². The van der Waals surface area contributed by atoms with Crippen molar-refractivity contribution >= 4 is 34.8 Å². The zero-order valence-electron chi connectivity index (χ0n) is 23.2. The maximum atomic E-state index is 14.7. The minimum Gasteiger partial charge on any atom is -0.496 e. The highest BCUT2D eigenvalue weighted by Gasteiger charge is 2.73. The van der Waals surface area contributed by atoms with Crippen LogP contribution in [0.2, 0.25) is 5.02 Å². The summed E-state index contributed by atoms with van der Waals surface area (Å²) < 4.78 is 136. The normalized spacial score (nSPS) is 12.1. The maximum Gasteiger partial charge on any atom is 0.435 e. The summed E-state index contributed by atoms with van der Waals surface area (Å²) in [5.41, 5.74) is -9.49. The van der Waals surface area contributed by atoms with Gasteiger partial charge in [0.25, 0.3) is 11.8 Å². The van der Waals surface area contributed by atoms with E-state index in [0.717, 1.165) is 13.2 Å². The molecular formula is C28H22ClF9N2O5. The fourth-order valence-electron chi connectivity index (χ4n) is 4.28. The minimum atomic E-state index is -6.60. The van der Waals surface area contributed by atoms with Crippen molar-refractivity contribution in [1.29, 1.82) is 0 Å². The standard InChI is InChI=1S/C28H22ClF9N2O5/c1-4-40(24(42)15-8-5-6-11-19(15)43-2)18-10-7-9-16(22(18)44-3)23(41)39-21-17(29)12-14(13-20(21)45-25(30)31)26(32,27(33,34)35)28(36,37)38/h5-13,25H,4H2,1-3H3,(H,39,41). The molecule has 244 valence electrons. The van der Waals surface area contributed by atoms with Gasteiger partial charge in [0.2, 0.25) is 0 Å². The van der Waals surface area contributed by atoms with Gasteiger partial charge in [0.15, 0.2) is 11.5 Å². The number of ether oxygens (including phenoxy) is 3. The molecule has 0 aliphatic carbocycles. The van der Waals surface area contributed by atoms with E-state index in [1.165, 1.54) is 36.3 Å². The quantitative estimate of drug-likeness (QED) is 0.220. The number of para-hydroxylation sites is 2. The van der Waals surface area contributed by atoms with Gasteiger partial charge in [-0.3, -0.25) is 9.59 Å². The molecule has 3 aromatic rings. The van der Waals surface area contributed by atoms with Crippen molar-refractivity contribution in [3.8, 4) is 17.2 Å². The Labute approximate surface area is 254 Å². The minimum absolute atomic E-state index is 0.0291. The third-order valence-corrected chi connectivity index (χ3v) is 6.62. The average Bonchev–Trinajstić information content (AvgIpc) is 2.96. The van der Waals surface area contributed by atoms with E-state index < -0.39 is 58.5 Å². The Morgan fingerprint density at radius 2 is 1.47 bits per heavy atom. The van der Waals surface area contributed by atoms with E-state index in [1.54, 1.807) is 19.1 Å². The second-order valence-electron chi connectivity index (χ2n) is 8.93. The molecule has 0 spiro atoms. The van der Waals surface area contributed by atoms with Gasteiger partial charge in [0.1, 0.15) is 11.4 Å². The van der Waals surface area contributed by atoms with Gasteiger partial charge in [0, 0.05) is 12.1 Å². The van der Waals surface area contributed by atoms with Crippen LogP contribution in [0.15, 0.2) is 54.6 Å². The van der Waals surface area contributed by atoms with Crippen LogP contribution >= 0.6 is 11.6 Å². The van der Waals surface area contributed by atoms with Crippen molar-refractivity contribution in [3.05, 3.63) is 76.3 Å². The molecule has 3 aromatic carbocycles. The summed E-state index contributed by atoms with van der Waals surface area (Å²) in [5.74, 6) is -3.34. The van der Waals surface area contributed by atoms with Gasteiger partial charge in [0.05, 0.1) is 36.1 Å². The summed E-state index contributed by atoms with van der Waals surface area (Å²) in [6, 6.07) is 9.64. The number of benzene rings is 3. The van der Waals surface area contributed by atoms with Crippen LogP contribution in [0.5, 0.6) is 17.2 Å². The summed E-state index contributed by atoms with van der Waals surface area (Å²) in [4.78, 5) is 28.0. The molecule has 0 unspecified atom stereocenters. The van der Waals surface area contributed by atoms with Crippen molar-refractivity contribution in [2.45, 2.75) is 31.6 Å². The van der Waals surface area contributed by atoms with Gasteiger partial charge in [-0.25, -0.2) is 4.39 Å². The number of nitrogens with one attached hydrogen (secondary N) is 1. The number of hydrogen-bond acceptors (Lipinski definition) is 5. The summed E-state index contributed by atoms with van der Waals surface area (Å²) in [6.45, 7) is -2.22. The van der Waals surface area contributed by atoms with Crippen LogP contribution in [0.3, 0.4) is 0 Å². The van der Waals surface area contributed by atoms with Gasteiger partial charge in [-0.15, -0.1) is 0 Å². The fraction of sp³-hybridized carbons (Fsp3) is 0.286. The van der Waals surface area contributed by atoms with E-state index in [0.29, 0.717) is 0 Å². The second-order valence-corrected chi connectivity index (χ2v) is 9.33. The first kappa shape index (κ1) is 35.1. The Hall–Kier alpha value is -4.34. The molecular weight excluding hydrogens is 651 g/mol. The van der Waals surface area contributed by atoms with Crippen LogP contribution in [0.1, 0.15) is 33.2 Å². The van der Waals surface area contributed by atoms with Crippen LogP contribution in [0, 0.1) is 0 Å². The van der Waals surface area contributed by atoms with Crippen LogP contribution in [-0.2, 0) is 5.67 Å². The van der Waals surface area contributed by atoms with Crippen molar-refractivity contribution in [1.82, 2.24) is 0 Å². The molecule has 45 heavy (non-hydrogen) atoms. The van der Waals surface area contributed by atoms with E-state index in [-0.39, 0.29) is 47.0 Å². The molecule has 17 heteroatoms. The summed E-state index contributed by atoms with van der Waals surface area (Å²) >= 11 is 5.83. The van der Waals surface area contributed by atoms with Crippen LogP contribution < -0.4 is 24.4 Å². The highest BCUT2D eigenvalue weighted by atomic mass is 35.5. The number of carbonyl (C=O) groups is 2. The summed E-state index contributed by atoms with van der Waals surface area (Å²) in [6.07, 6.45) is -13.2. The number of methoxy groups -OCH3 is 2. The molecule has 0 aromatic heterocycles. The second kappa shape index (κ2) is 13.3. The van der Waals surface area contributed by atoms with E-state index in [1.807, 2.05) is 5.32 Å². The molecule has 0 aliphatic heterocycles. The molecule has 3 rings (SSSR count). The van der Waals surface area contributed by atoms with Crippen molar-refractivity contribution in [2.24, 2.45) is 0 Å². The molecule has 1 N–H and O–H groups in total. The number of hydrogen-bond donors (Lipinski definition) is 1. The van der Waals surface area contributed by atoms with Crippen LogP contribution in [0.4, 0.5) is 50.9 Å². The molecule has 2 amide bonds. The Bertz CT molecular complexity index is 1550. The van der Waals surface area contributed by atoms with Crippen molar-refractivity contribution < 1.29 is 63.3 Å². The first-order valence-corrected chi connectivity index (χ1v) is 12.8. The number of alkyl halides is 9. The van der Waals surface area contributed by atoms with E-state index in [9.17, 15) is 49.1 Å². The predicted molar refractivity (Wildman–Crippen MR) is 144 cm³/mol. The van der Waals surface area contributed by atoms with E-state index in [2.05, 4.69) is 4.74 Å². The first-order valence-electron chi connectivity index (χ1n) is 12.5. The Morgan fingerprint density at radius 1 is 0.867 bits per heavy atom. The average molecular weight is 673 g/mol. The lowest BCUT2D eigenvalue weighted by molar-refractivity contribution is -0.348. The topological polar surface area (TPSA) is 77.1 Å². The van der Waals surface area contributed by atoms with Crippen LogP contribution in [-0.4, -0.2) is 51.5 Å². The highest BCUT2D eigenvalue weighted by Crippen LogP contribution is 2.55. The summed E-state index contributed by atoms with van der Waals surface area (Å²) in [5, 5.41) is 0.772. The fourth-order valence-corrected chi connectivity index (χ4v) is 4.54. The molecule has 0 bridgehead atoms. The zero-order valence-corrected chi connectivity index (χ0v) is 24.0. The predicted octanol–water partition coefficient (Wildman–Crippen LogP) is 8.17. The number of carbonyl (C=O) groups excluding carboxylic acids is 2. The third-order valence-electron chi connectivity index (χ3n) is 6.32. The lowest BCUT2D eigenvalue weighted by atomic mass is 9.93. The number of halogens is 10. The molecule has 0 radical (unpaired) electrons. The largest absolute Gasteiger partial charge is 0.496 e. The molecule has 0 saturated carbocycles. The third kappa shape index (κ3) is 6.84. The Kier molecular flexibility index (Phi) is 10.4. The van der Waals surface area contributed by atoms with Gasteiger partial charge in [-0.1, -0.05) is 29.8 Å². The van der Waals surface area contributed by atoms with Gasteiger partial charge < -0.3 is 24.4 Å². The Balaban J connectivity index is 2.12. The Morgan fingerprint density at radius 3 is 2.00 bits per heavy atom. The van der Waals surface area contributed by atoms with Gasteiger partial charge >= 0.3 is 24.6 Å². The molecule has 0 saturated heterocycles. The smallest absolute Gasteiger partial charge is 0.435 e. The lowest BCUT2D eigenvalue weighted by Gasteiger charge is -2.31. The van der Waals surface area contributed by atoms with Crippen molar-refractivity contribution in [2.75, 3.05) is 31.0 Å². The summed E-state index contributed by atoms with van der Waals surface area (Å²) in [7, 11) is 2.47. The highest BCUT2D eigenvalue weighted by molar-refractivity contribution is 6.34. The molecule has 0 fully saturated rings. The molecule has 0 atom stereocenters. The SMILES string of the molecule is CCN(C(=O)c1ccccc1OC)c1cccc(C(=O)Nc2c(Cl)cc(C(F)(C(F)(F)F)C(F)(F)F)cc2OC(F)F)c1OC. The van der Waals surface area contributed by atoms with E-state index in [4.69, 9.17) is 21.1 Å². The maximum absolute atomic E-state index is 14.7. The number of anilines is 2. The first-order chi connectivity index (χ1) is 20.9. The number of rotatable bonds is 10. The van der Waals surface area contributed by atoms with Gasteiger partial charge in [-0.2, -0.15) is 35.1 Å². The van der Waals surface area contributed by atoms with E-state index >= 15 is 0 Å². The lowest BCUT2D eigenvalue weighted by Crippen LogP contribution is -2.50.